The smallest absolute Gasteiger partial charge is 0.191 e. The van der Waals surface area contributed by atoms with Crippen molar-refractivity contribution in [3.05, 3.63) is 0 Å². The van der Waals surface area contributed by atoms with Gasteiger partial charge >= 0.3 is 0 Å². The minimum atomic E-state index is -0.0612. The number of methoxy groups -OCH3 is 1. The van der Waals surface area contributed by atoms with Crippen molar-refractivity contribution < 1.29 is 4.74 Å². The van der Waals surface area contributed by atoms with Crippen LogP contribution in [-0.2, 0) is 4.74 Å². The first-order valence-corrected chi connectivity index (χ1v) is 9.22. The fraction of sp³-hybridized carbons (Fsp3) is 0.944. The van der Waals surface area contributed by atoms with Crippen LogP contribution in [0.2, 0.25) is 0 Å². The predicted octanol–water partition coefficient (Wildman–Crippen LogP) is 1.61. The highest BCUT2D eigenvalue weighted by Gasteiger charge is 2.58. The second kappa shape index (κ2) is 9.19. The Balaban J connectivity index is 0.00000312. The van der Waals surface area contributed by atoms with Gasteiger partial charge in [0.2, 0.25) is 0 Å². The minimum Gasteiger partial charge on any atom is -0.378 e. The first-order valence-electron chi connectivity index (χ1n) is 9.22. The van der Waals surface area contributed by atoms with E-state index in [9.17, 15) is 0 Å². The maximum Gasteiger partial charge on any atom is 0.191 e. The molecule has 1 aliphatic carbocycles. The molecule has 0 aromatic carbocycles. The molecule has 0 aromatic heterocycles. The number of nitrogens with one attached hydrogen (secondary N) is 2. The molecule has 0 spiro atoms. The summed E-state index contributed by atoms with van der Waals surface area (Å²) in [5.74, 6) is 0.926. The van der Waals surface area contributed by atoms with E-state index in [0.29, 0.717) is 12.1 Å². The summed E-state index contributed by atoms with van der Waals surface area (Å²) in [5, 5.41) is 7.02. The molecule has 2 fully saturated rings. The lowest BCUT2D eigenvalue weighted by Crippen LogP contribution is -2.69. The lowest BCUT2D eigenvalue weighted by atomic mass is 9.56. The first-order chi connectivity index (χ1) is 11.2. The average Bonchev–Trinajstić information content (AvgIpc) is 2.54. The maximum atomic E-state index is 5.73. The SMILES string of the molecule is CCNC(=NCC1CN(C)CCN1C)NC1CC(C)(OC)C1(C)C.I. The Hall–Kier alpha value is -0.120. The van der Waals surface area contributed by atoms with Crippen LogP contribution in [-0.4, -0.2) is 87.4 Å². The molecule has 0 bridgehead atoms. The van der Waals surface area contributed by atoms with Gasteiger partial charge < -0.3 is 20.3 Å². The van der Waals surface area contributed by atoms with Gasteiger partial charge in [-0.15, -0.1) is 24.0 Å². The van der Waals surface area contributed by atoms with Crippen molar-refractivity contribution in [1.29, 1.82) is 0 Å². The Morgan fingerprint density at radius 1 is 1.24 bits per heavy atom. The molecule has 2 aliphatic rings. The van der Waals surface area contributed by atoms with Gasteiger partial charge in [0.1, 0.15) is 0 Å². The molecule has 1 heterocycles. The summed E-state index contributed by atoms with van der Waals surface area (Å²) in [6.45, 7) is 13.9. The monoisotopic (exact) mass is 467 g/mol. The zero-order valence-electron chi connectivity index (χ0n) is 17.1. The van der Waals surface area contributed by atoms with Crippen molar-refractivity contribution in [2.75, 3.05) is 53.9 Å². The number of hydrogen-bond donors (Lipinski definition) is 2. The zero-order chi connectivity index (χ0) is 18.0. The Bertz CT molecular complexity index is 459. The zero-order valence-corrected chi connectivity index (χ0v) is 19.4. The van der Waals surface area contributed by atoms with Gasteiger partial charge in [-0.2, -0.15) is 0 Å². The van der Waals surface area contributed by atoms with Crippen molar-refractivity contribution in [2.24, 2.45) is 10.4 Å². The van der Waals surface area contributed by atoms with Crippen LogP contribution in [0.1, 0.15) is 34.1 Å². The van der Waals surface area contributed by atoms with E-state index < -0.39 is 0 Å². The van der Waals surface area contributed by atoms with Gasteiger partial charge in [0.25, 0.3) is 0 Å². The summed E-state index contributed by atoms with van der Waals surface area (Å²) in [6, 6.07) is 0.866. The third kappa shape index (κ3) is 4.99. The fourth-order valence-electron chi connectivity index (χ4n) is 3.70. The van der Waals surface area contributed by atoms with Crippen molar-refractivity contribution in [3.8, 4) is 0 Å². The Labute approximate surface area is 171 Å². The summed E-state index contributed by atoms with van der Waals surface area (Å²) in [7, 11) is 6.20. The molecule has 0 radical (unpaired) electrons. The number of likely N-dealkylation sites (N-methyl/N-ethyl adjacent to an activating group) is 2. The molecule has 1 saturated heterocycles. The van der Waals surface area contributed by atoms with Gasteiger partial charge in [-0.1, -0.05) is 13.8 Å². The van der Waals surface area contributed by atoms with Crippen LogP contribution in [0.3, 0.4) is 0 Å². The highest BCUT2D eigenvalue weighted by Crippen LogP contribution is 2.51. The van der Waals surface area contributed by atoms with Crippen molar-refractivity contribution in [1.82, 2.24) is 20.4 Å². The van der Waals surface area contributed by atoms with Gasteiger partial charge in [0, 0.05) is 50.8 Å². The van der Waals surface area contributed by atoms with Crippen LogP contribution in [0.15, 0.2) is 4.99 Å². The van der Waals surface area contributed by atoms with E-state index in [1.807, 2.05) is 7.11 Å². The van der Waals surface area contributed by atoms with Gasteiger partial charge in [-0.05, 0) is 34.4 Å². The van der Waals surface area contributed by atoms with Crippen LogP contribution in [0.5, 0.6) is 0 Å². The van der Waals surface area contributed by atoms with Crippen molar-refractivity contribution >= 4 is 29.9 Å². The van der Waals surface area contributed by atoms with Crippen LogP contribution < -0.4 is 10.6 Å². The van der Waals surface area contributed by atoms with E-state index in [1.165, 1.54) is 0 Å². The van der Waals surface area contributed by atoms with E-state index in [4.69, 9.17) is 9.73 Å². The minimum absolute atomic E-state index is 0. The van der Waals surface area contributed by atoms with Crippen LogP contribution >= 0.6 is 24.0 Å². The van der Waals surface area contributed by atoms with Gasteiger partial charge in [0.15, 0.2) is 5.96 Å². The quantitative estimate of drug-likeness (QED) is 0.366. The topological polar surface area (TPSA) is 52.1 Å². The molecule has 6 nitrogen and oxygen atoms in total. The van der Waals surface area contributed by atoms with E-state index in [-0.39, 0.29) is 35.0 Å². The molecular weight excluding hydrogens is 429 g/mol. The van der Waals surface area contributed by atoms with Crippen LogP contribution in [0.4, 0.5) is 0 Å². The number of aliphatic imine (C=N–C) groups is 1. The third-order valence-electron chi connectivity index (χ3n) is 6.37. The normalized spacial score (nSPS) is 33.3. The fourth-order valence-corrected chi connectivity index (χ4v) is 3.70. The summed E-state index contributed by atoms with van der Waals surface area (Å²) in [5.41, 5.74) is 0.0219. The first kappa shape index (κ1) is 22.9. The van der Waals surface area contributed by atoms with Crippen LogP contribution in [0.25, 0.3) is 0 Å². The second-order valence-electron chi connectivity index (χ2n) is 8.17. The van der Waals surface area contributed by atoms with Crippen molar-refractivity contribution in [2.45, 2.75) is 51.8 Å². The number of piperazine rings is 1. The van der Waals surface area contributed by atoms with Gasteiger partial charge in [-0.25, -0.2) is 0 Å². The molecule has 2 rings (SSSR count). The summed E-state index contributed by atoms with van der Waals surface area (Å²) in [4.78, 5) is 9.68. The largest absolute Gasteiger partial charge is 0.378 e. The summed E-state index contributed by atoms with van der Waals surface area (Å²) < 4.78 is 5.73. The number of nitrogens with zero attached hydrogens (tertiary/aromatic N) is 3. The molecule has 1 saturated carbocycles. The number of halogens is 1. The standard InChI is InChI=1S/C18H37N5O.HI/c1-8-19-16(20-12-14-13-22(5)9-10-23(14)6)21-15-11-18(4,24-7)17(15,2)3;/h14-15H,8-13H2,1-7H3,(H2,19,20,21);1H. The lowest BCUT2D eigenvalue weighted by molar-refractivity contribution is -0.176. The highest BCUT2D eigenvalue weighted by molar-refractivity contribution is 14.0. The molecule has 0 aromatic rings. The average molecular weight is 467 g/mol. The van der Waals surface area contributed by atoms with Gasteiger partial charge in [0.05, 0.1) is 12.1 Å². The van der Waals surface area contributed by atoms with Crippen molar-refractivity contribution in [3.63, 3.8) is 0 Å². The molecular formula is C18H38IN5O. The molecule has 3 unspecified atom stereocenters. The molecule has 2 N–H and O–H groups in total. The number of rotatable bonds is 5. The number of guanidine groups is 1. The van der Waals surface area contributed by atoms with Crippen LogP contribution in [0, 0.1) is 5.41 Å². The number of hydrogen-bond acceptors (Lipinski definition) is 4. The van der Waals surface area contributed by atoms with Gasteiger partial charge in [-0.3, -0.25) is 9.89 Å². The Morgan fingerprint density at radius 3 is 2.48 bits per heavy atom. The Kier molecular flexibility index (Phi) is 8.43. The summed E-state index contributed by atoms with van der Waals surface area (Å²) >= 11 is 0. The van der Waals surface area contributed by atoms with E-state index >= 15 is 0 Å². The molecule has 25 heavy (non-hydrogen) atoms. The maximum absolute atomic E-state index is 5.73. The molecule has 7 heteroatoms. The highest BCUT2D eigenvalue weighted by atomic mass is 127. The molecule has 1 aliphatic heterocycles. The van der Waals surface area contributed by atoms with E-state index in [1.54, 1.807) is 0 Å². The molecule has 3 atom stereocenters. The number of ether oxygens (including phenoxy) is 1. The van der Waals surface area contributed by atoms with E-state index in [2.05, 4.69) is 62.2 Å². The van der Waals surface area contributed by atoms with E-state index in [0.717, 1.165) is 45.1 Å². The second-order valence-corrected chi connectivity index (χ2v) is 8.17. The third-order valence-corrected chi connectivity index (χ3v) is 6.37. The summed E-state index contributed by atoms with van der Waals surface area (Å²) in [6.07, 6.45) is 1.01. The lowest BCUT2D eigenvalue weighted by Gasteiger charge is -2.59. The Morgan fingerprint density at radius 2 is 1.92 bits per heavy atom. The molecule has 148 valence electrons. The molecule has 0 amide bonds. The predicted molar refractivity (Wildman–Crippen MR) is 116 cm³/mol.